The molecule has 0 aliphatic carbocycles. The molecule has 2 rings (SSSR count). The van der Waals surface area contributed by atoms with Crippen molar-refractivity contribution in [3.05, 3.63) is 41.6 Å². The van der Waals surface area contributed by atoms with E-state index in [9.17, 15) is 0 Å². The molecule has 0 spiro atoms. The van der Waals surface area contributed by atoms with Crippen LogP contribution in [0.3, 0.4) is 0 Å². The van der Waals surface area contributed by atoms with E-state index >= 15 is 0 Å². The predicted molar refractivity (Wildman–Crippen MR) is 91.1 cm³/mol. The molecule has 0 atom stereocenters. The Morgan fingerprint density at radius 1 is 1.09 bits per heavy atom. The summed E-state index contributed by atoms with van der Waals surface area (Å²) in [5.74, 6) is 0. The average Bonchev–Trinajstić information content (AvgIpc) is 2.65. The Hall–Kier alpha value is -1.59. The minimum absolute atomic E-state index is 0.321. The van der Waals surface area contributed by atoms with Gasteiger partial charge in [-0.25, -0.2) is 4.99 Å². The van der Waals surface area contributed by atoms with Crippen LogP contribution in [0.4, 0.5) is 0 Å². The third kappa shape index (κ3) is 3.26. The number of nitrogens with two attached hydrogens (primary N) is 1. The van der Waals surface area contributed by atoms with Crippen LogP contribution in [0, 0.1) is 0 Å². The van der Waals surface area contributed by atoms with Gasteiger partial charge in [0.2, 0.25) is 5.71 Å². The van der Waals surface area contributed by atoms with Gasteiger partial charge in [-0.2, -0.15) is 0 Å². The largest absolute Gasteiger partial charge is 0.494 e. The van der Waals surface area contributed by atoms with E-state index in [0.717, 1.165) is 22.4 Å². The molecule has 0 unspecified atom stereocenters. The number of hydrogen-bond acceptors (Lipinski definition) is 3. The highest BCUT2D eigenvalue weighted by molar-refractivity contribution is 6.62. The summed E-state index contributed by atoms with van der Waals surface area (Å²) in [5, 5.41) is 0. The van der Waals surface area contributed by atoms with Gasteiger partial charge in [0.25, 0.3) is 0 Å². The molecule has 0 radical (unpaired) electrons. The smallest absolute Gasteiger partial charge is 0.402 e. The number of allylic oxidation sites excluding steroid dienone is 2. The van der Waals surface area contributed by atoms with Gasteiger partial charge in [-0.1, -0.05) is 12.1 Å². The summed E-state index contributed by atoms with van der Waals surface area (Å²) in [7, 11) is 1.56. The van der Waals surface area contributed by atoms with E-state index in [0.29, 0.717) is 0 Å². The van der Waals surface area contributed by atoms with E-state index in [1.54, 1.807) is 0 Å². The summed E-state index contributed by atoms with van der Waals surface area (Å²) in [4.78, 5) is 3.16. The molecule has 118 valence electrons. The molecule has 1 aliphatic rings. The van der Waals surface area contributed by atoms with Crippen molar-refractivity contribution in [2.45, 2.75) is 45.8 Å². The van der Waals surface area contributed by atoms with Crippen LogP contribution in [0.1, 0.15) is 40.2 Å². The standard InChI is InChI=1S/C17H25BN2O2/c1-12(19)11-15(20-6)13-7-9-14(10-8-13)18-21-16(2,3)17(4,5)22-18/h7-11H,19H2,1-6H3/p+1/b12-11-,20-15?. The van der Waals surface area contributed by atoms with E-state index in [-0.39, 0.29) is 18.3 Å². The maximum atomic E-state index is 6.06. The summed E-state index contributed by atoms with van der Waals surface area (Å²) >= 11 is 0. The summed E-state index contributed by atoms with van der Waals surface area (Å²) in [5.41, 5.74) is 8.96. The number of hydrogen-bond donors (Lipinski definition) is 2. The van der Waals surface area contributed by atoms with Crippen LogP contribution < -0.4 is 16.2 Å². The summed E-state index contributed by atoms with van der Waals surface area (Å²) in [6, 6.07) is 8.17. The van der Waals surface area contributed by atoms with Crippen LogP contribution in [0.15, 0.2) is 36.0 Å². The Labute approximate surface area is 133 Å². The van der Waals surface area contributed by atoms with Crippen molar-refractivity contribution < 1.29 is 14.3 Å². The van der Waals surface area contributed by atoms with Gasteiger partial charge in [0, 0.05) is 17.3 Å². The van der Waals surface area contributed by atoms with E-state index in [4.69, 9.17) is 15.0 Å². The topological polar surface area (TPSA) is 58.5 Å². The van der Waals surface area contributed by atoms with Crippen LogP contribution >= 0.6 is 0 Å². The molecule has 4 nitrogen and oxygen atoms in total. The summed E-state index contributed by atoms with van der Waals surface area (Å²) < 4.78 is 12.1. The van der Waals surface area contributed by atoms with Gasteiger partial charge >= 0.3 is 7.12 Å². The fourth-order valence-corrected chi connectivity index (χ4v) is 2.33. The lowest BCUT2D eigenvalue weighted by Gasteiger charge is -2.32. The third-order valence-corrected chi connectivity index (χ3v) is 4.39. The van der Waals surface area contributed by atoms with Gasteiger partial charge in [0.05, 0.1) is 11.2 Å². The van der Waals surface area contributed by atoms with Crippen LogP contribution in [0.5, 0.6) is 0 Å². The SMILES string of the molecule is C[NH+]=C(/C=C(/C)N)c1ccc(B2OC(C)(C)C(C)(C)O2)cc1. The first kappa shape index (κ1) is 16.8. The van der Waals surface area contributed by atoms with Gasteiger partial charge < -0.3 is 15.0 Å². The lowest BCUT2D eigenvalue weighted by Crippen LogP contribution is -2.67. The number of nitrogens with one attached hydrogen (secondary N) is 1. The molecule has 3 N–H and O–H groups in total. The van der Waals surface area contributed by atoms with Crippen molar-refractivity contribution in [2.24, 2.45) is 5.73 Å². The lowest BCUT2D eigenvalue weighted by molar-refractivity contribution is -0.418. The molecule has 1 aromatic carbocycles. The van der Waals surface area contributed by atoms with Crippen LogP contribution in [0.2, 0.25) is 0 Å². The minimum Gasteiger partial charge on any atom is -0.402 e. The Kier molecular flexibility index (Phi) is 4.50. The zero-order valence-electron chi connectivity index (χ0n) is 14.4. The van der Waals surface area contributed by atoms with Crippen molar-refractivity contribution in [1.29, 1.82) is 0 Å². The molecule has 0 aromatic heterocycles. The van der Waals surface area contributed by atoms with E-state index in [1.165, 1.54) is 0 Å². The fourth-order valence-electron chi connectivity index (χ4n) is 2.33. The molecule has 1 heterocycles. The molecule has 1 aliphatic heterocycles. The second-order valence-electron chi connectivity index (χ2n) is 6.76. The van der Waals surface area contributed by atoms with Crippen molar-refractivity contribution in [3.8, 4) is 0 Å². The van der Waals surface area contributed by atoms with Crippen molar-refractivity contribution >= 4 is 18.3 Å². The number of benzene rings is 1. The highest BCUT2D eigenvalue weighted by Gasteiger charge is 2.51. The highest BCUT2D eigenvalue weighted by Crippen LogP contribution is 2.36. The quantitative estimate of drug-likeness (QED) is 0.625. The normalized spacial score (nSPS) is 21.3. The predicted octanol–water partition coefficient (Wildman–Crippen LogP) is 0.348. The average molecular weight is 301 g/mol. The van der Waals surface area contributed by atoms with E-state index < -0.39 is 0 Å². The Bertz CT molecular complexity index is 584. The molecule has 1 fully saturated rings. The lowest BCUT2D eigenvalue weighted by atomic mass is 9.78. The third-order valence-electron chi connectivity index (χ3n) is 4.39. The molecule has 0 bridgehead atoms. The Morgan fingerprint density at radius 2 is 1.59 bits per heavy atom. The maximum Gasteiger partial charge on any atom is 0.494 e. The van der Waals surface area contributed by atoms with Crippen molar-refractivity contribution in [3.63, 3.8) is 0 Å². The van der Waals surface area contributed by atoms with Gasteiger partial charge in [0.15, 0.2) is 0 Å². The zero-order chi connectivity index (χ0) is 16.5. The second-order valence-corrected chi connectivity index (χ2v) is 6.76. The number of rotatable bonds is 3. The minimum atomic E-state index is -0.330. The van der Waals surface area contributed by atoms with E-state index in [1.807, 2.05) is 44.3 Å². The first-order valence-corrected chi connectivity index (χ1v) is 7.61. The summed E-state index contributed by atoms with van der Waals surface area (Å²) in [6.45, 7) is 10.1. The van der Waals surface area contributed by atoms with Crippen molar-refractivity contribution in [1.82, 2.24) is 0 Å². The van der Waals surface area contributed by atoms with Gasteiger partial charge in [-0.05, 0) is 52.2 Å². The molecule has 5 heteroatoms. The van der Waals surface area contributed by atoms with Crippen molar-refractivity contribution in [2.75, 3.05) is 7.05 Å². The van der Waals surface area contributed by atoms with Gasteiger partial charge in [-0.15, -0.1) is 0 Å². The van der Waals surface area contributed by atoms with Gasteiger partial charge in [-0.3, -0.25) is 0 Å². The molecule has 1 aromatic rings. The van der Waals surface area contributed by atoms with Gasteiger partial charge in [0.1, 0.15) is 7.05 Å². The maximum absolute atomic E-state index is 6.06. The Morgan fingerprint density at radius 3 is 2.00 bits per heavy atom. The highest BCUT2D eigenvalue weighted by atomic mass is 16.7. The fraction of sp³-hybridized carbons (Fsp3) is 0.471. The first-order chi connectivity index (χ1) is 10.2. The molecule has 1 saturated heterocycles. The van der Waals surface area contributed by atoms with Crippen LogP contribution in [0.25, 0.3) is 0 Å². The molecule has 0 amide bonds. The van der Waals surface area contributed by atoms with E-state index in [2.05, 4.69) is 32.7 Å². The molecule has 0 saturated carbocycles. The zero-order valence-corrected chi connectivity index (χ0v) is 14.4. The van der Waals surface area contributed by atoms with Crippen LogP contribution in [-0.2, 0) is 9.31 Å². The molecular weight excluding hydrogens is 275 g/mol. The molecule has 22 heavy (non-hydrogen) atoms. The Balaban J connectivity index is 2.22. The van der Waals surface area contributed by atoms with Crippen LogP contribution in [-0.4, -0.2) is 31.1 Å². The second kappa shape index (κ2) is 5.90. The monoisotopic (exact) mass is 301 g/mol. The molecular formula is C17H26BN2O2+. The first-order valence-electron chi connectivity index (χ1n) is 7.61. The summed E-state index contributed by atoms with van der Waals surface area (Å²) in [6.07, 6.45) is 1.92.